The number of carbonyl (C=O) groups is 1. The fourth-order valence-electron chi connectivity index (χ4n) is 1.23. The molecule has 0 fully saturated rings. The molecule has 0 spiro atoms. The first-order chi connectivity index (χ1) is 7.86. The first-order valence-corrected chi connectivity index (χ1v) is 5.27. The lowest BCUT2D eigenvalue weighted by molar-refractivity contribution is -0.130. The van der Waals surface area contributed by atoms with Crippen molar-refractivity contribution in [2.24, 2.45) is 11.3 Å². The number of amides is 1. The van der Waals surface area contributed by atoms with Gasteiger partial charge in [-0.05, 0) is 44.5 Å². The van der Waals surface area contributed by atoms with E-state index in [1.54, 1.807) is 26.8 Å². The van der Waals surface area contributed by atoms with Crippen LogP contribution >= 0.6 is 0 Å². The smallest absolute Gasteiger partial charge is 0.242 e. The standard InChI is InChI=1S/C12H17FN2O2/c1-8-6-9(4-5-10(8)13)17-7-12(2,3)11(16)15-14/h4-6H,7,14H2,1-3H3,(H,15,16). The van der Waals surface area contributed by atoms with Gasteiger partial charge in [-0.3, -0.25) is 10.2 Å². The third kappa shape index (κ3) is 3.42. The SMILES string of the molecule is Cc1cc(OCC(C)(C)C(=O)NN)ccc1F. The molecule has 1 aromatic carbocycles. The van der Waals surface area contributed by atoms with Gasteiger partial charge >= 0.3 is 0 Å². The van der Waals surface area contributed by atoms with Gasteiger partial charge < -0.3 is 4.74 Å². The summed E-state index contributed by atoms with van der Waals surface area (Å²) in [5.74, 6) is 5.01. The molecule has 0 bridgehead atoms. The van der Waals surface area contributed by atoms with Crippen LogP contribution in [0.25, 0.3) is 0 Å². The number of aryl methyl sites for hydroxylation is 1. The Hall–Kier alpha value is -1.62. The van der Waals surface area contributed by atoms with Crippen LogP contribution in [0.2, 0.25) is 0 Å². The van der Waals surface area contributed by atoms with Gasteiger partial charge in [0.05, 0.1) is 5.41 Å². The van der Waals surface area contributed by atoms with Crippen LogP contribution in [-0.4, -0.2) is 12.5 Å². The van der Waals surface area contributed by atoms with Gasteiger partial charge in [-0.1, -0.05) is 0 Å². The molecule has 0 heterocycles. The van der Waals surface area contributed by atoms with Crippen molar-refractivity contribution in [1.82, 2.24) is 5.43 Å². The zero-order chi connectivity index (χ0) is 13.1. The summed E-state index contributed by atoms with van der Waals surface area (Å²) in [5.41, 5.74) is 1.85. The van der Waals surface area contributed by atoms with E-state index in [4.69, 9.17) is 10.6 Å². The number of rotatable bonds is 4. The van der Waals surface area contributed by atoms with Crippen molar-refractivity contribution in [2.75, 3.05) is 6.61 Å². The van der Waals surface area contributed by atoms with E-state index in [2.05, 4.69) is 5.43 Å². The quantitative estimate of drug-likeness (QED) is 0.476. The maximum absolute atomic E-state index is 13.0. The van der Waals surface area contributed by atoms with E-state index in [1.165, 1.54) is 12.1 Å². The van der Waals surface area contributed by atoms with E-state index in [0.29, 0.717) is 11.3 Å². The minimum atomic E-state index is -0.739. The molecule has 0 aromatic heterocycles. The Balaban J connectivity index is 2.67. The molecule has 5 heteroatoms. The van der Waals surface area contributed by atoms with Crippen molar-refractivity contribution < 1.29 is 13.9 Å². The molecule has 1 rings (SSSR count). The fourth-order valence-corrected chi connectivity index (χ4v) is 1.23. The maximum Gasteiger partial charge on any atom is 0.242 e. The molecule has 94 valence electrons. The minimum Gasteiger partial charge on any atom is -0.492 e. The average molecular weight is 240 g/mol. The molecule has 1 amide bonds. The van der Waals surface area contributed by atoms with Gasteiger partial charge in [0.15, 0.2) is 0 Å². The van der Waals surface area contributed by atoms with Crippen LogP contribution < -0.4 is 16.0 Å². The Bertz CT molecular complexity index is 419. The molecule has 0 aliphatic heterocycles. The number of benzene rings is 1. The number of nitrogens with two attached hydrogens (primary N) is 1. The molecule has 17 heavy (non-hydrogen) atoms. The summed E-state index contributed by atoms with van der Waals surface area (Å²) in [7, 11) is 0. The lowest BCUT2D eigenvalue weighted by atomic mass is 9.94. The number of carbonyl (C=O) groups excluding carboxylic acids is 1. The molecule has 0 radical (unpaired) electrons. The van der Waals surface area contributed by atoms with Gasteiger partial charge in [0, 0.05) is 0 Å². The highest BCUT2D eigenvalue weighted by molar-refractivity contribution is 5.81. The number of hydrogen-bond acceptors (Lipinski definition) is 3. The Morgan fingerprint density at radius 2 is 2.18 bits per heavy atom. The third-order valence-corrected chi connectivity index (χ3v) is 2.47. The van der Waals surface area contributed by atoms with Crippen LogP contribution in [0.4, 0.5) is 4.39 Å². The number of nitrogens with one attached hydrogen (secondary N) is 1. The molecular formula is C12H17FN2O2. The third-order valence-electron chi connectivity index (χ3n) is 2.47. The van der Waals surface area contributed by atoms with E-state index in [1.807, 2.05) is 0 Å². The van der Waals surface area contributed by atoms with Gasteiger partial charge in [-0.25, -0.2) is 10.2 Å². The topological polar surface area (TPSA) is 64.3 Å². The van der Waals surface area contributed by atoms with Crippen LogP contribution in [0.5, 0.6) is 5.75 Å². The highest BCUT2D eigenvalue weighted by atomic mass is 19.1. The molecule has 0 unspecified atom stereocenters. The number of halogens is 1. The van der Waals surface area contributed by atoms with E-state index in [9.17, 15) is 9.18 Å². The summed E-state index contributed by atoms with van der Waals surface area (Å²) >= 11 is 0. The normalized spacial score (nSPS) is 11.1. The van der Waals surface area contributed by atoms with Crippen molar-refractivity contribution in [2.45, 2.75) is 20.8 Å². The number of hydrogen-bond donors (Lipinski definition) is 2. The summed E-state index contributed by atoms with van der Waals surface area (Å²) in [4.78, 5) is 11.4. The Labute approximate surface area is 99.9 Å². The Kier molecular flexibility index (Phi) is 4.07. The lowest BCUT2D eigenvalue weighted by Gasteiger charge is -2.22. The number of ether oxygens (including phenoxy) is 1. The van der Waals surface area contributed by atoms with Crippen molar-refractivity contribution in [3.05, 3.63) is 29.6 Å². The second kappa shape index (κ2) is 5.14. The average Bonchev–Trinajstić information content (AvgIpc) is 2.29. The molecule has 1 aromatic rings. The van der Waals surface area contributed by atoms with Crippen molar-refractivity contribution in [1.29, 1.82) is 0 Å². The van der Waals surface area contributed by atoms with Gasteiger partial charge in [-0.15, -0.1) is 0 Å². The first-order valence-electron chi connectivity index (χ1n) is 5.27. The molecule has 4 nitrogen and oxygen atoms in total. The highest BCUT2D eigenvalue weighted by Crippen LogP contribution is 2.20. The maximum atomic E-state index is 13.0. The predicted molar refractivity (Wildman–Crippen MR) is 62.7 cm³/mol. The zero-order valence-electron chi connectivity index (χ0n) is 10.2. The van der Waals surface area contributed by atoms with Gasteiger partial charge in [-0.2, -0.15) is 0 Å². The van der Waals surface area contributed by atoms with Crippen LogP contribution in [0.15, 0.2) is 18.2 Å². The fraction of sp³-hybridized carbons (Fsp3) is 0.417. The van der Waals surface area contributed by atoms with Gasteiger partial charge in [0.1, 0.15) is 18.2 Å². The van der Waals surface area contributed by atoms with Crippen LogP contribution in [-0.2, 0) is 4.79 Å². The summed E-state index contributed by atoms with van der Waals surface area (Å²) in [6, 6.07) is 4.45. The molecule has 0 atom stereocenters. The molecule has 0 aliphatic carbocycles. The lowest BCUT2D eigenvalue weighted by Crippen LogP contribution is -2.44. The van der Waals surface area contributed by atoms with Crippen molar-refractivity contribution >= 4 is 5.91 Å². The summed E-state index contributed by atoms with van der Waals surface area (Å²) in [6.45, 7) is 5.25. The van der Waals surface area contributed by atoms with Gasteiger partial charge in [0.2, 0.25) is 5.91 Å². The Morgan fingerprint density at radius 3 is 2.71 bits per heavy atom. The van der Waals surface area contributed by atoms with E-state index >= 15 is 0 Å². The molecule has 3 N–H and O–H groups in total. The predicted octanol–water partition coefficient (Wildman–Crippen LogP) is 1.53. The first kappa shape index (κ1) is 13.4. The molecule has 0 aliphatic rings. The highest BCUT2D eigenvalue weighted by Gasteiger charge is 2.27. The van der Waals surface area contributed by atoms with E-state index in [-0.39, 0.29) is 18.3 Å². The summed E-state index contributed by atoms with van der Waals surface area (Å²) in [5, 5.41) is 0. The van der Waals surface area contributed by atoms with Crippen molar-refractivity contribution in [3.63, 3.8) is 0 Å². The Morgan fingerprint density at radius 1 is 1.53 bits per heavy atom. The van der Waals surface area contributed by atoms with Crippen LogP contribution in [0.3, 0.4) is 0 Å². The van der Waals surface area contributed by atoms with Gasteiger partial charge in [0.25, 0.3) is 0 Å². The van der Waals surface area contributed by atoms with Crippen LogP contribution in [0, 0.1) is 18.2 Å². The van der Waals surface area contributed by atoms with Crippen molar-refractivity contribution in [3.8, 4) is 5.75 Å². The molecule has 0 saturated heterocycles. The largest absolute Gasteiger partial charge is 0.492 e. The second-order valence-corrected chi connectivity index (χ2v) is 4.56. The number of hydrazine groups is 1. The van der Waals surface area contributed by atoms with E-state index in [0.717, 1.165) is 0 Å². The van der Waals surface area contributed by atoms with E-state index < -0.39 is 5.41 Å². The summed E-state index contributed by atoms with van der Waals surface area (Å²) in [6.07, 6.45) is 0. The summed E-state index contributed by atoms with van der Waals surface area (Å²) < 4.78 is 18.5. The zero-order valence-corrected chi connectivity index (χ0v) is 10.2. The molecule has 0 saturated carbocycles. The monoisotopic (exact) mass is 240 g/mol. The van der Waals surface area contributed by atoms with Crippen LogP contribution in [0.1, 0.15) is 19.4 Å². The second-order valence-electron chi connectivity index (χ2n) is 4.56. The minimum absolute atomic E-state index is 0.168. The molecular weight excluding hydrogens is 223 g/mol.